The van der Waals surface area contributed by atoms with Gasteiger partial charge in [-0.05, 0) is 25.0 Å². The standard InChI is InChI=1S/C23H27ClN6/c1-3-5-14-29(15-6-4-2)23-28-27-20-16-25-21(17-10-8-7-9-11-17)22-18(30(20)23)12-13-19(24)26-22/h7-13H,3-6,14-16H2,1-2H3. The first kappa shape index (κ1) is 20.5. The van der Waals surface area contributed by atoms with Gasteiger partial charge in [-0.25, -0.2) is 4.98 Å². The smallest absolute Gasteiger partial charge is 0.232 e. The maximum Gasteiger partial charge on any atom is 0.232 e. The summed E-state index contributed by atoms with van der Waals surface area (Å²) in [6.45, 7) is 6.78. The third-order valence-electron chi connectivity index (χ3n) is 5.29. The van der Waals surface area contributed by atoms with Crippen molar-refractivity contribution in [3.8, 4) is 5.69 Å². The van der Waals surface area contributed by atoms with Crippen molar-refractivity contribution in [2.24, 2.45) is 4.99 Å². The molecule has 0 aliphatic carbocycles. The first-order chi connectivity index (χ1) is 14.7. The maximum atomic E-state index is 6.31. The van der Waals surface area contributed by atoms with Gasteiger partial charge in [0.2, 0.25) is 5.95 Å². The number of hydrogen-bond acceptors (Lipinski definition) is 5. The van der Waals surface area contributed by atoms with Crippen LogP contribution in [0.4, 0.5) is 5.95 Å². The fourth-order valence-electron chi connectivity index (χ4n) is 3.70. The molecule has 30 heavy (non-hydrogen) atoms. The lowest BCUT2D eigenvalue weighted by Gasteiger charge is -2.24. The third kappa shape index (κ3) is 4.10. The van der Waals surface area contributed by atoms with E-state index in [4.69, 9.17) is 16.6 Å². The van der Waals surface area contributed by atoms with Gasteiger partial charge in [-0.15, -0.1) is 10.2 Å². The predicted molar refractivity (Wildman–Crippen MR) is 122 cm³/mol. The molecule has 0 unspecified atom stereocenters. The summed E-state index contributed by atoms with van der Waals surface area (Å²) in [5.74, 6) is 1.68. The van der Waals surface area contributed by atoms with E-state index in [0.29, 0.717) is 11.7 Å². The van der Waals surface area contributed by atoms with Crippen molar-refractivity contribution in [1.29, 1.82) is 0 Å². The number of hydrogen-bond donors (Lipinski definition) is 0. The summed E-state index contributed by atoms with van der Waals surface area (Å²) in [4.78, 5) is 11.9. The maximum absolute atomic E-state index is 6.31. The Morgan fingerprint density at radius 1 is 0.967 bits per heavy atom. The van der Waals surface area contributed by atoms with Gasteiger partial charge in [-0.1, -0.05) is 68.6 Å². The first-order valence-corrected chi connectivity index (χ1v) is 11.1. The van der Waals surface area contributed by atoms with E-state index < -0.39 is 0 Å². The minimum Gasteiger partial charge on any atom is -0.341 e. The average molecular weight is 423 g/mol. The van der Waals surface area contributed by atoms with Crippen molar-refractivity contribution < 1.29 is 0 Å². The first-order valence-electron chi connectivity index (χ1n) is 10.7. The summed E-state index contributed by atoms with van der Waals surface area (Å²) in [7, 11) is 0. The fraction of sp³-hybridized carbons (Fsp3) is 0.391. The van der Waals surface area contributed by atoms with E-state index in [1.807, 2.05) is 42.5 Å². The van der Waals surface area contributed by atoms with Crippen molar-refractivity contribution in [3.05, 3.63) is 64.7 Å². The Bertz CT molecular complexity index is 1020. The van der Waals surface area contributed by atoms with Gasteiger partial charge < -0.3 is 4.90 Å². The lowest BCUT2D eigenvalue weighted by Crippen LogP contribution is -2.29. The second kappa shape index (κ2) is 9.39. The van der Waals surface area contributed by atoms with E-state index in [2.05, 4.69) is 38.5 Å². The Morgan fingerprint density at radius 2 is 1.70 bits per heavy atom. The van der Waals surface area contributed by atoms with Crippen LogP contribution in [0.5, 0.6) is 0 Å². The summed E-state index contributed by atoms with van der Waals surface area (Å²) in [5.41, 5.74) is 3.53. The van der Waals surface area contributed by atoms with Crippen LogP contribution in [0.2, 0.25) is 5.15 Å². The number of benzene rings is 1. The van der Waals surface area contributed by atoms with Crippen molar-refractivity contribution in [1.82, 2.24) is 19.7 Å². The molecule has 3 heterocycles. The quantitative estimate of drug-likeness (QED) is 0.475. The zero-order valence-corrected chi connectivity index (χ0v) is 18.3. The number of unbranched alkanes of at least 4 members (excludes halogenated alkanes) is 2. The average Bonchev–Trinajstić information content (AvgIpc) is 3.11. The Labute approximate surface area is 182 Å². The molecule has 1 aliphatic heterocycles. The lowest BCUT2D eigenvalue weighted by molar-refractivity contribution is 0.656. The normalized spacial score (nSPS) is 12.7. The molecule has 0 amide bonds. The van der Waals surface area contributed by atoms with Gasteiger partial charge in [0, 0.05) is 18.7 Å². The molecule has 7 heteroatoms. The molecule has 0 saturated heterocycles. The monoisotopic (exact) mass is 422 g/mol. The third-order valence-corrected chi connectivity index (χ3v) is 5.50. The Balaban J connectivity index is 1.84. The molecule has 3 aromatic rings. The van der Waals surface area contributed by atoms with E-state index >= 15 is 0 Å². The topological polar surface area (TPSA) is 59.2 Å². The second-order valence-electron chi connectivity index (χ2n) is 7.48. The zero-order valence-electron chi connectivity index (χ0n) is 17.6. The van der Waals surface area contributed by atoms with Crippen molar-refractivity contribution in [3.63, 3.8) is 0 Å². The molecule has 4 rings (SSSR count). The van der Waals surface area contributed by atoms with E-state index in [1.54, 1.807) is 0 Å². The molecule has 0 atom stereocenters. The molecule has 0 saturated carbocycles. The molecule has 0 radical (unpaired) electrons. The number of aromatic nitrogens is 4. The van der Waals surface area contributed by atoms with Gasteiger partial charge in [0.1, 0.15) is 17.4 Å². The highest BCUT2D eigenvalue weighted by Crippen LogP contribution is 2.29. The molecule has 0 fully saturated rings. The number of aliphatic imine (C=N–C) groups is 1. The van der Waals surface area contributed by atoms with Gasteiger partial charge in [-0.2, -0.15) is 0 Å². The highest BCUT2D eigenvalue weighted by molar-refractivity contribution is 6.30. The van der Waals surface area contributed by atoms with E-state index in [1.165, 1.54) is 0 Å². The van der Waals surface area contributed by atoms with Crippen LogP contribution in [0, 0.1) is 0 Å². The summed E-state index contributed by atoms with van der Waals surface area (Å²) in [6.07, 6.45) is 4.50. The molecule has 2 aromatic heterocycles. The van der Waals surface area contributed by atoms with Crippen molar-refractivity contribution in [2.45, 2.75) is 46.1 Å². The molecule has 1 aliphatic rings. The van der Waals surface area contributed by atoms with E-state index in [-0.39, 0.29) is 0 Å². The summed E-state index contributed by atoms with van der Waals surface area (Å²) < 4.78 is 2.11. The van der Waals surface area contributed by atoms with Crippen LogP contribution in [-0.4, -0.2) is 38.5 Å². The summed E-state index contributed by atoms with van der Waals surface area (Å²) in [6, 6.07) is 13.9. The SMILES string of the molecule is CCCCN(CCCC)c1nnc2n1-c1ccc(Cl)nc1C(c1ccccc1)=NC2. The molecule has 6 nitrogen and oxygen atoms in total. The van der Waals surface area contributed by atoms with Gasteiger partial charge in [0.05, 0.1) is 11.4 Å². The molecule has 1 aromatic carbocycles. The Hall–Kier alpha value is -2.73. The lowest BCUT2D eigenvalue weighted by atomic mass is 10.1. The molecule has 0 spiro atoms. The van der Waals surface area contributed by atoms with E-state index in [0.717, 1.165) is 73.2 Å². The van der Waals surface area contributed by atoms with E-state index in [9.17, 15) is 0 Å². The number of halogens is 1. The molecule has 156 valence electrons. The largest absolute Gasteiger partial charge is 0.341 e. The second-order valence-corrected chi connectivity index (χ2v) is 7.87. The van der Waals surface area contributed by atoms with Gasteiger partial charge in [-0.3, -0.25) is 9.56 Å². The fourth-order valence-corrected chi connectivity index (χ4v) is 3.85. The van der Waals surface area contributed by atoms with Crippen LogP contribution in [-0.2, 0) is 6.54 Å². The van der Waals surface area contributed by atoms with Crippen LogP contribution in [0.3, 0.4) is 0 Å². The number of nitrogens with zero attached hydrogens (tertiary/aromatic N) is 6. The van der Waals surface area contributed by atoms with Gasteiger partial charge in [0.25, 0.3) is 0 Å². The van der Waals surface area contributed by atoms with Crippen LogP contribution in [0.1, 0.15) is 56.6 Å². The minimum atomic E-state index is 0.445. The Kier molecular flexibility index (Phi) is 6.43. The highest BCUT2D eigenvalue weighted by atomic mass is 35.5. The summed E-state index contributed by atoms with van der Waals surface area (Å²) in [5, 5.41) is 9.53. The molecular formula is C23H27ClN6. The zero-order chi connectivity index (χ0) is 20.9. The molecule has 0 bridgehead atoms. The van der Waals surface area contributed by atoms with Gasteiger partial charge in [0.15, 0.2) is 5.82 Å². The molecular weight excluding hydrogens is 396 g/mol. The van der Waals surface area contributed by atoms with Crippen molar-refractivity contribution in [2.75, 3.05) is 18.0 Å². The number of pyridine rings is 1. The van der Waals surface area contributed by atoms with Crippen LogP contribution < -0.4 is 4.90 Å². The van der Waals surface area contributed by atoms with Crippen LogP contribution in [0.25, 0.3) is 5.69 Å². The van der Waals surface area contributed by atoms with Gasteiger partial charge >= 0.3 is 0 Å². The van der Waals surface area contributed by atoms with Crippen LogP contribution in [0.15, 0.2) is 47.5 Å². The number of anilines is 1. The highest BCUT2D eigenvalue weighted by Gasteiger charge is 2.26. The van der Waals surface area contributed by atoms with Crippen LogP contribution >= 0.6 is 11.6 Å². The number of rotatable bonds is 8. The predicted octanol–water partition coefficient (Wildman–Crippen LogP) is 5.07. The molecule has 0 N–H and O–H groups in total. The Morgan fingerprint density at radius 3 is 2.40 bits per heavy atom. The number of fused-ring (bicyclic) bond motifs is 3. The minimum absolute atomic E-state index is 0.445. The van der Waals surface area contributed by atoms with Crippen molar-refractivity contribution >= 4 is 23.3 Å². The summed E-state index contributed by atoms with van der Waals surface area (Å²) >= 11 is 6.31.